The molecule has 0 aliphatic heterocycles. The number of nitrogens with zero attached hydrogens (tertiary/aromatic N) is 2. The standard InChI is InChI=1S/C10H7BrFN3O/c11-8-5-14-9(13)10(15-8)16-7-3-1-6(12)2-4-7/h1-5H,(H2,13,14). The second-order valence-corrected chi connectivity index (χ2v) is 3.75. The van der Waals surface area contributed by atoms with Crippen molar-refractivity contribution in [2.24, 2.45) is 0 Å². The van der Waals surface area contributed by atoms with Gasteiger partial charge >= 0.3 is 0 Å². The highest BCUT2D eigenvalue weighted by Crippen LogP contribution is 2.24. The van der Waals surface area contributed by atoms with Gasteiger partial charge < -0.3 is 10.5 Å². The lowest BCUT2D eigenvalue weighted by Gasteiger charge is -2.06. The van der Waals surface area contributed by atoms with E-state index in [0.717, 1.165) is 0 Å². The van der Waals surface area contributed by atoms with Crippen LogP contribution in [0.4, 0.5) is 10.2 Å². The molecule has 4 nitrogen and oxygen atoms in total. The van der Waals surface area contributed by atoms with E-state index in [9.17, 15) is 4.39 Å². The summed E-state index contributed by atoms with van der Waals surface area (Å²) in [4.78, 5) is 7.87. The summed E-state index contributed by atoms with van der Waals surface area (Å²) in [6.07, 6.45) is 1.47. The van der Waals surface area contributed by atoms with Gasteiger partial charge in [0.2, 0.25) is 0 Å². The number of rotatable bonds is 2. The van der Waals surface area contributed by atoms with E-state index >= 15 is 0 Å². The molecule has 0 atom stereocenters. The van der Waals surface area contributed by atoms with Crippen molar-refractivity contribution in [3.05, 3.63) is 40.9 Å². The van der Waals surface area contributed by atoms with Crippen LogP contribution in [0.3, 0.4) is 0 Å². The molecule has 1 aromatic heterocycles. The lowest BCUT2D eigenvalue weighted by Crippen LogP contribution is -1.98. The minimum atomic E-state index is -0.333. The van der Waals surface area contributed by atoms with Crippen LogP contribution < -0.4 is 10.5 Å². The SMILES string of the molecule is Nc1ncc(Br)nc1Oc1ccc(F)cc1. The van der Waals surface area contributed by atoms with Crippen LogP contribution >= 0.6 is 15.9 Å². The molecule has 0 spiro atoms. The second kappa shape index (κ2) is 4.44. The molecule has 1 aromatic carbocycles. The third kappa shape index (κ3) is 2.46. The maximum atomic E-state index is 12.7. The Balaban J connectivity index is 2.26. The van der Waals surface area contributed by atoms with E-state index in [1.54, 1.807) is 0 Å². The molecule has 0 amide bonds. The van der Waals surface area contributed by atoms with Crippen molar-refractivity contribution in [3.8, 4) is 11.6 Å². The molecule has 0 unspecified atom stereocenters. The number of hydrogen-bond donors (Lipinski definition) is 1. The number of benzene rings is 1. The molecule has 2 rings (SSSR count). The highest BCUT2D eigenvalue weighted by atomic mass is 79.9. The lowest BCUT2D eigenvalue weighted by molar-refractivity contribution is 0.460. The quantitative estimate of drug-likeness (QED) is 0.921. The van der Waals surface area contributed by atoms with Gasteiger partial charge in [-0.2, -0.15) is 0 Å². The Bertz CT molecular complexity index is 504. The lowest BCUT2D eigenvalue weighted by atomic mass is 10.3. The van der Waals surface area contributed by atoms with Crippen LogP contribution in [0.5, 0.6) is 11.6 Å². The summed E-state index contributed by atoms with van der Waals surface area (Å²) >= 11 is 3.15. The van der Waals surface area contributed by atoms with Crippen LogP contribution in [-0.2, 0) is 0 Å². The normalized spacial score (nSPS) is 10.1. The second-order valence-electron chi connectivity index (χ2n) is 2.94. The Hall–Kier alpha value is -1.69. The van der Waals surface area contributed by atoms with Gasteiger partial charge in [0.05, 0.1) is 6.20 Å². The van der Waals surface area contributed by atoms with E-state index in [0.29, 0.717) is 10.4 Å². The number of ether oxygens (including phenoxy) is 1. The van der Waals surface area contributed by atoms with Crippen LogP contribution in [0.2, 0.25) is 0 Å². The molecule has 0 saturated heterocycles. The number of hydrogen-bond acceptors (Lipinski definition) is 4. The van der Waals surface area contributed by atoms with Crippen molar-refractivity contribution in [2.45, 2.75) is 0 Å². The predicted molar refractivity (Wildman–Crippen MR) is 60.6 cm³/mol. The zero-order valence-corrected chi connectivity index (χ0v) is 9.61. The molecule has 0 fully saturated rings. The van der Waals surface area contributed by atoms with E-state index in [1.807, 2.05) is 0 Å². The highest BCUT2D eigenvalue weighted by molar-refractivity contribution is 9.10. The molecule has 0 aliphatic rings. The van der Waals surface area contributed by atoms with Crippen molar-refractivity contribution in [1.82, 2.24) is 9.97 Å². The Morgan fingerprint density at radius 1 is 1.25 bits per heavy atom. The van der Waals surface area contributed by atoms with Crippen molar-refractivity contribution < 1.29 is 9.13 Å². The Labute approximate surface area is 99.4 Å². The summed E-state index contributed by atoms with van der Waals surface area (Å²) in [7, 11) is 0. The highest BCUT2D eigenvalue weighted by Gasteiger charge is 2.06. The van der Waals surface area contributed by atoms with Gasteiger partial charge in [0.1, 0.15) is 16.2 Å². The summed E-state index contributed by atoms with van der Waals surface area (Å²) in [5.41, 5.74) is 5.57. The van der Waals surface area contributed by atoms with Crippen LogP contribution in [0.15, 0.2) is 35.1 Å². The topological polar surface area (TPSA) is 61.0 Å². The van der Waals surface area contributed by atoms with Crippen molar-refractivity contribution in [2.75, 3.05) is 5.73 Å². The minimum absolute atomic E-state index is 0.174. The Morgan fingerprint density at radius 2 is 1.94 bits per heavy atom. The molecule has 82 valence electrons. The van der Waals surface area contributed by atoms with Gasteiger partial charge in [0.25, 0.3) is 5.88 Å². The first-order chi connectivity index (χ1) is 7.65. The van der Waals surface area contributed by atoms with Gasteiger partial charge in [0.15, 0.2) is 5.82 Å². The van der Waals surface area contributed by atoms with Crippen LogP contribution in [0, 0.1) is 5.82 Å². The largest absolute Gasteiger partial charge is 0.436 e. The average Bonchev–Trinajstić information content (AvgIpc) is 2.27. The molecule has 6 heteroatoms. The molecule has 16 heavy (non-hydrogen) atoms. The molecular formula is C10H7BrFN3O. The predicted octanol–water partition coefficient (Wildman–Crippen LogP) is 2.75. The van der Waals surface area contributed by atoms with Crippen LogP contribution in [0.25, 0.3) is 0 Å². The summed E-state index contributed by atoms with van der Waals surface area (Å²) in [6.45, 7) is 0. The van der Waals surface area contributed by atoms with Crippen molar-refractivity contribution in [3.63, 3.8) is 0 Å². The maximum Gasteiger partial charge on any atom is 0.263 e. The van der Waals surface area contributed by atoms with Crippen molar-refractivity contribution >= 4 is 21.7 Å². The zero-order valence-electron chi connectivity index (χ0n) is 8.02. The van der Waals surface area contributed by atoms with E-state index in [2.05, 4.69) is 25.9 Å². The third-order valence-electron chi connectivity index (χ3n) is 1.77. The van der Waals surface area contributed by atoms with Gasteiger partial charge in [-0.25, -0.2) is 14.4 Å². The number of nitrogens with two attached hydrogens (primary N) is 1. The van der Waals surface area contributed by atoms with Crippen LogP contribution in [0.1, 0.15) is 0 Å². The molecule has 0 radical (unpaired) electrons. The first-order valence-corrected chi connectivity index (χ1v) is 5.16. The fourth-order valence-electron chi connectivity index (χ4n) is 1.05. The number of anilines is 1. The monoisotopic (exact) mass is 283 g/mol. The molecular weight excluding hydrogens is 277 g/mol. The molecule has 2 aromatic rings. The van der Waals surface area contributed by atoms with Crippen molar-refractivity contribution in [1.29, 1.82) is 0 Å². The van der Waals surface area contributed by atoms with Gasteiger partial charge in [0, 0.05) is 0 Å². The molecule has 2 N–H and O–H groups in total. The summed E-state index contributed by atoms with van der Waals surface area (Å²) < 4.78 is 18.5. The Kier molecular flexibility index (Phi) is 3.00. The number of nitrogen functional groups attached to an aromatic ring is 1. The summed E-state index contributed by atoms with van der Waals surface area (Å²) in [6, 6.07) is 5.54. The smallest absolute Gasteiger partial charge is 0.263 e. The van der Waals surface area contributed by atoms with E-state index < -0.39 is 0 Å². The van der Waals surface area contributed by atoms with E-state index in [1.165, 1.54) is 30.5 Å². The minimum Gasteiger partial charge on any atom is -0.436 e. The third-order valence-corrected chi connectivity index (χ3v) is 2.15. The molecule has 0 saturated carbocycles. The summed E-state index contributed by atoms with van der Waals surface area (Å²) in [5, 5.41) is 0. The zero-order chi connectivity index (χ0) is 11.5. The molecule has 0 bridgehead atoms. The van der Waals surface area contributed by atoms with Gasteiger partial charge in [-0.3, -0.25) is 0 Å². The van der Waals surface area contributed by atoms with Gasteiger partial charge in [-0.15, -0.1) is 0 Å². The van der Waals surface area contributed by atoms with Gasteiger partial charge in [-0.05, 0) is 40.2 Å². The first-order valence-electron chi connectivity index (χ1n) is 4.36. The maximum absolute atomic E-state index is 12.7. The fourth-order valence-corrected chi connectivity index (χ4v) is 1.31. The van der Waals surface area contributed by atoms with E-state index in [4.69, 9.17) is 10.5 Å². The number of halogens is 2. The van der Waals surface area contributed by atoms with Gasteiger partial charge in [-0.1, -0.05) is 0 Å². The van der Waals surface area contributed by atoms with Crippen LogP contribution in [-0.4, -0.2) is 9.97 Å². The first kappa shape index (κ1) is 10.8. The summed E-state index contributed by atoms with van der Waals surface area (Å²) in [5.74, 6) is 0.467. The number of aromatic nitrogens is 2. The average molecular weight is 284 g/mol. The fraction of sp³-hybridized carbons (Fsp3) is 0. The molecule has 1 heterocycles. The Morgan fingerprint density at radius 3 is 2.62 bits per heavy atom. The molecule has 0 aliphatic carbocycles. The van der Waals surface area contributed by atoms with E-state index in [-0.39, 0.29) is 17.5 Å².